The largest absolute Gasteiger partial charge is 0.495 e. The second-order valence-electron chi connectivity index (χ2n) is 6.90. The maximum atomic E-state index is 13.6. The summed E-state index contributed by atoms with van der Waals surface area (Å²) in [4.78, 5) is 16.1. The van der Waals surface area contributed by atoms with Crippen LogP contribution < -0.4 is 9.64 Å². The topological polar surface area (TPSA) is 70.2 Å². The fourth-order valence-corrected chi connectivity index (χ4v) is 4.75. The molecule has 10 heteroatoms. The summed E-state index contributed by atoms with van der Waals surface area (Å²) in [6.45, 7) is 1.80. The molecule has 1 amide bonds. The number of benzene rings is 2. The fourth-order valence-electron chi connectivity index (χ4n) is 3.28. The summed E-state index contributed by atoms with van der Waals surface area (Å²) in [5.74, 6) is -1.00. The van der Waals surface area contributed by atoms with E-state index >= 15 is 0 Å². The van der Waals surface area contributed by atoms with Gasteiger partial charge < -0.3 is 14.5 Å². The highest BCUT2D eigenvalue weighted by Gasteiger charge is 2.29. The third-order valence-corrected chi connectivity index (χ3v) is 7.04. The zero-order valence-electron chi connectivity index (χ0n) is 16.7. The van der Waals surface area contributed by atoms with E-state index in [2.05, 4.69) is 4.90 Å². The van der Waals surface area contributed by atoms with Crippen molar-refractivity contribution in [2.75, 3.05) is 51.8 Å². The third-order valence-electron chi connectivity index (χ3n) is 4.98. The highest BCUT2D eigenvalue weighted by molar-refractivity contribution is 7.89. The predicted molar refractivity (Wildman–Crippen MR) is 113 cm³/mol. The minimum absolute atomic E-state index is 0.0193. The minimum atomic E-state index is -4.10. The van der Waals surface area contributed by atoms with Crippen LogP contribution in [0.3, 0.4) is 0 Å². The number of piperazine rings is 1. The summed E-state index contributed by atoms with van der Waals surface area (Å²) in [5, 5.41) is 0.644. The van der Waals surface area contributed by atoms with Crippen LogP contribution in [-0.4, -0.2) is 70.4 Å². The zero-order chi connectivity index (χ0) is 21.9. The molecule has 1 fully saturated rings. The lowest BCUT2D eigenvalue weighted by Crippen LogP contribution is -2.51. The van der Waals surface area contributed by atoms with E-state index in [4.69, 9.17) is 16.3 Å². The van der Waals surface area contributed by atoms with Crippen LogP contribution in [0.25, 0.3) is 0 Å². The molecule has 0 radical (unpaired) electrons. The molecule has 1 aliphatic rings. The van der Waals surface area contributed by atoms with E-state index in [9.17, 15) is 17.6 Å². The number of anilines is 1. The first-order valence-electron chi connectivity index (χ1n) is 9.30. The summed E-state index contributed by atoms with van der Waals surface area (Å²) in [6, 6.07) is 10.7. The molecule has 0 unspecified atom stereocenters. The molecule has 0 atom stereocenters. The monoisotopic (exact) mass is 455 g/mol. The van der Waals surface area contributed by atoms with E-state index in [0.717, 1.165) is 22.1 Å². The molecule has 1 aliphatic heterocycles. The van der Waals surface area contributed by atoms with E-state index in [0.29, 0.717) is 31.2 Å². The van der Waals surface area contributed by atoms with Gasteiger partial charge in [-0.15, -0.1) is 0 Å². The summed E-state index contributed by atoms with van der Waals surface area (Å²) in [6.07, 6.45) is 0. The van der Waals surface area contributed by atoms with Crippen molar-refractivity contribution < 1.29 is 22.3 Å². The molecule has 0 aromatic heterocycles. The third kappa shape index (κ3) is 4.85. The molecule has 0 aliphatic carbocycles. The summed E-state index contributed by atoms with van der Waals surface area (Å²) in [7, 11) is -1.51. The SMILES string of the molecule is COc1ccc(F)cc1S(=O)(=O)N(C)CC(=O)N1CCN(c2cccc(Cl)c2)CC1. The summed E-state index contributed by atoms with van der Waals surface area (Å²) < 4.78 is 45.2. The number of hydrogen-bond donors (Lipinski definition) is 0. The normalized spacial score (nSPS) is 14.8. The molecule has 2 aromatic carbocycles. The minimum Gasteiger partial charge on any atom is -0.495 e. The maximum Gasteiger partial charge on any atom is 0.247 e. The van der Waals surface area contributed by atoms with Gasteiger partial charge in [0.15, 0.2) is 0 Å². The van der Waals surface area contributed by atoms with Crippen LogP contribution in [0.4, 0.5) is 10.1 Å². The maximum absolute atomic E-state index is 13.6. The van der Waals surface area contributed by atoms with Gasteiger partial charge in [-0.2, -0.15) is 4.31 Å². The lowest BCUT2D eigenvalue weighted by Gasteiger charge is -2.36. The van der Waals surface area contributed by atoms with Crippen LogP contribution in [0, 0.1) is 5.82 Å². The van der Waals surface area contributed by atoms with Gasteiger partial charge in [0.2, 0.25) is 15.9 Å². The highest BCUT2D eigenvalue weighted by Crippen LogP contribution is 2.27. The summed E-state index contributed by atoms with van der Waals surface area (Å²) >= 11 is 6.04. The lowest BCUT2D eigenvalue weighted by atomic mass is 10.2. The molecular weight excluding hydrogens is 433 g/mol. The van der Waals surface area contributed by atoms with Gasteiger partial charge in [0.05, 0.1) is 13.7 Å². The van der Waals surface area contributed by atoms with E-state index in [-0.39, 0.29) is 23.1 Å². The molecule has 1 heterocycles. The van der Waals surface area contributed by atoms with E-state index < -0.39 is 15.8 Å². The molecule has 30 heavy (non-hydrogen) atoms. The average Bonchev–Trinajstić information content (AvgIpc) is 2.73. The highest BCUT2D eigenvalue weighted by atomic mass is 35.5. The number of hydrogen-bond acceptors (Lipinski definition) is 5. The standard InChI is InChI=1S/C20H23ClFN3O4S/c1-23(30(27,28)19-13-16(22)6-7-18(19)29-2)14-20(26)25-10-8-24(9-11-25)17-5-3-4-15(21)12-17/h3-7,12-13H,8-11,14H2,1-2H3. The van der Waals surface area contributed by atoms with Gasteiger partial charge in [0.1, 0.15) is 16.5 Å². The molecule has 3 rings (SSSR count). The van der Waals surface area contributed by atoms with Gasteiger partial charge in [-0.05, 0) is 36.4 Å². The van der Waals surface area contributed by atoms with Crippen molar-refractivity contribution in [2.45, 2.75) is 4.90 Å². The fraction of sp³-hybridized carbons (Fsp3) is 0.350. The number of amides is 1. The second-order valence-corrected chi connectivity index (χ2v) is 9.35. The first kappa shape index (κ1) is 22.3. The van der Waals surface area contributed by atoms with Crippen LogP contribution in [0.5, 0.6) is 5.75 Å². The number of carbonyl (C=O) groups excluding carboxylic acids is 1. The van der Waals surface area contributed by atoms with Crippen LogP contribution in [0.15, 0.2) is 47.4 Å². The Morgan fingerprint density at radius 3 is 2.50 bits per heavy atom. The quantitative estimate of drug-likeness (QED) is 0.669. The van der Waals surface area contributed by atoms with Gasteiger partial charge in [-0.3, -0.25) is 4.79 Å². The first-order chi connectivity index (χ1) is 14.2. The van der Waals surface area contributed by atoms with Gasteiger partial charge in [0, 0.05) is 43.9 Å². The number of rotatable bonds is 6. The number of halogens is 2. The molecule has 7 nitrogen and oxygen atoms in total. The van der Waals surface area contributed by atoms with E-state index in [1.54, 1.807) is 11.0 Å². The summed E-state index contributed by atoms with van der Waals surface area (Å²) in [5.41, 5.74) is 0.979. The predicted octanol–water partition coefficient (Wildman–Crippen LogP) is 2.46. The zero-order valence-corrected chi connectivity index (χ0v) is 18.3. The average molecular weight is 456 g/mol. The van der Waals surface area contributed by atoms with Crippen molar-refractivity contribution in [1.29, 1.82) is 0 Å². The Morgan fingerprint density at radius 1 is 1.17 bits per heavy atom. The van der Waals surface area contributed by atoms with Crippen LogP contribution in [0.2, 0.25) is 5.02 Å². The number of sulfonamides is 1. The van der Waals surface area contributed by atoms with Crippen LogP contribution >= 0.6 is 11.6 Å². The molecule has 0 spiro atoms. The Hall–Kier alpha value is -2.36. The number of carbonyl (C=O) groups is 1. The molecule has 2 aromatic rings. The van der Waals surface area contributed by atoms with Crippen molar-refractivity contribution in [2.24, 2.45) is 0 Å². The first-order valence-corrected chi connectivity index (χ1v) is 11.1. The molecule has 0 saturated carbocycles. The van der Waals surface area contributed by atoms with E-state index in [1.807, 2.05) is 18.2 Å². The van der Waals surface area contributed by atoms with Gasteiger partial charge in [0.25, 0.3) is 0 Å². The Balaban J connectivity index is 1.64. The van der Waals surface area contributed by atoms with Crippen molar-refractivity contribution in [3.63, 3.8) is 0 Å². The van der Waals surface area contributed by atoms with Gasteiger partial charge in [-0.25, -0.2) is 12.8 Å². The molecule has 0 bridgehead atoms. The van der Waals surface area contributed by atoms with Gasteiger partial charge in [-0.1, -0.05) is 17.7 Å². The van der Waals surface area contributed by atoms with Crippen LogP contribution in [0.1, 0.15) is 0 Å². The Kier molecular flexibility index (Phi) is 6.84. The molecule has 0 N–H and O–H groups in total. The number of likely N-dealkylation sites (N-methyl/N-ethyl adjacent to an activating group) is 1. The van der Waals surface area contributed by atoms with Crippen molar-refractivity contribution in [3.05, 3.63) is 53.3 Å². The number of methoxy groups -OCH3 is 1. The van der Waals surface area contributed by atoms with Crippen molar-refractivity contribution >= 4 is 33.2 Å². The Morgan fingerprint density at radius 2 is 1.87 bits per heavy atom. The van der Waals surface area contributed by atoms with E-state index in [1.165, 1.54) is 20.2 Å². The second kappa shape index (κ2) is 9.20. The molecular formula is C20H23ClFN3O4S. The van der Waals surface area contributed by atoms with Gasteiger partial charge >= 0.3 is 0 Å². The smallest absolute Gasteiger partial charge is 0.247 e. The molecule has 1 saturated heterocycles. The Labute approximate surface area is 180 Å². The van der Waals surface area contributed by atoms with Crippen molar-refractivity contribution in [1.82, 2.24) is 9.21 Å². The number of nitrogens with zero attached hydrogens (tertiary/aromatic N) is 3. The number of ether oxygens (including phenoxy) is 1. The lowest BCUT2D eigenvalue weighted by molar-refractivity contribution is -0.131. The molecule has 162 valence electrons. The van der Waals surface area contributed by atoms with Crippen molar-refractivity contribution in [3.8, 4) is 5.75 Å². The van der Waals surface area contributed by atoms with Crippen LogP contribution in [-0.2, 0) is 14.8 Å². The Bertz CT molecular complexity index is 1030.